The summed E-state index contributed by atoms with van der Waals surface area (Å²) in [6.07, 6.45) is 0. The highest BCUT2D eigenvalue weighted by Gasteiger charge is 2.53. The number of nitrogens with zero attached hydrogens (tertiary/aromatic N) is 1. The number of hydrazine groups is 1. The van der Waals surface area contributed by atoms with E-state index in [1.807, 2.05) is 0 Å². The van der Waals surface area contributed by atoms with Crippen LogP contribution in [0.25, 0.3) is 0 Å². The maximum absolute atomic E-state index is 12.4. The van der Waals surface area contributed by atoms with E-state index >= 15 is 0 Å². The zero-order chi connectivity index (χ0) is 16.6. The normalized spacial score (nSPS) is 15.4. The molecular formula is C17H14N2O4. The van der Waals surface area contributed by atoms with Crippen LogP contribution in [0, 0.1) is 0 Å². The second-order valence-corrected chi connectivity index (χ2v) is 5.26. The molecule has 23 heavy (non-hydrogen) atoms. The Morgan fingerprint density at radius 2 is 1.43 bits per heavy atom. The average molecular weight is 310 g/mol. The number of benzene rings is 2. The zero-order valence-corrected chi connectivity index (χ0v) is 12.3. The molecule has 0 aliphatic heterocycles. The Hall–Kier alpha value is -2.83. The van der Waals surface area contributed by atoms with E-state index in [0.29, 0.717) is 5.56 Å². The topological polar surface area (TPSA) is 86.7 Å². The maximum Gasteiger partial charge on any atom is 0.267 e. The number of amides is 1. The van der Waals surface area contributed by atoms with Crippen LogP contribution in [0.3, 0.4) is 0 Å². The van der Waals surface area contributed by atoms with Gasteiger partial charge in [-0.2, -0.15) is 5.43 Å². The summed E-state index contributed by atoms with van der Waals surface area (Å²) in [6, 6.07) is 14.5. The fraction of sp³-hybridized carbons (Fsp3) is 0.118. The van der Waals surface area contributed by atoms with Crippen LogP contribution in [0.5, 0.6) is 0 Å². The van der Waals surface area contributed by atoms with Gasteiger partial charge in [-0.15, -0.1) is 0 Å². The molecule has 0 atom stereocenters. The molecule has 0 fully saturated rings. The maximum atomic E-state index is 12.4. The van der Waals surface area contributed by atoms with Crippen molar-refractivity contribution in [1.82, 2.24) is 10.4 Å². The minimum atomic E-state index is -2.47. The lowest BCUT2D eigenvalue weighted by atomic mass is 10.1. The SMILES string of the molecule is CN(NC1(O)C(=O)c2ccccc2C1=O)C(=O)c1ccccc1. The zero-order valence-electron chi connectivity index (χ0n) is 12.3. The molecule has 3 rings (SSSR count). The van der Waals surface area contributed by atoms with E-state index in [-0.39, 0.29) is 11.1 Å². The van der Waals surface area contributed by atoms with E-state index in [1.54, 1.807) is 42.5 Å². The Balaban J connectivity index is 1.87. The van der Waals surface area contributed by atoms with E-state index in [2.05, 4.69) is 5.43 Å². The van der Waals surface area contributed by atoms with Gasteiger partial charge < -0.3 is 5.11 Å². The summed E-state index contributed by atoms with van der Waals surface area (Å²) >= 11 is 0. The number of fused-ring (bicyclic) bond motifs is 1. The fourth-order valence-corrected chi connectivity index (χ4v) is 2.54. The van der Waals surface area contributed by atoms with Crippen LogP contribution in [0.15, 0.2) is 54.6 Å². The molecule has 0 radical (unpaired) electrons. The van der Waals surface area contributed by atoms with Gasteiger partial charge in [-0.05, 0) is 12.1 Å². The van der Waals surface area contributed by atoms with E-state index in [4.69, 9.17) is 0 Å². The number of nitrogens with one attached hydrogen (secondary N) is 1. The molecule has 2 aromatic rings. The summed E-state index contributed by atoms with van der Waals surface area (Å²) in [5.41, 5.74) is 0.498. The largest absolute Gasteiger partial charge is 0.361 e. The van der Waals surface area contributed by atoms with Crippen molar-refractivity contribution in [3.05, 3.63) is 71.3 Å². The van der Waals surface area contributed by atoms with Gasteiger partial charge in [-0.25, -0.2) is 0 Å². The first kappa shape index (κ1) is 15.1. The lowest BCUT2D eigenvalue weighted by molar-refractivity contribution is -0.0109. The molecule has 0 unspecified atom stereocenters. The van der Waals surface area contributed by atoms with Crippen molar-refractivity contribution in [3.63, 3.8) is 0 Å². The van der Waals surface area contributed by atoms with E-state index in [9.17, 15) is 19.5 Å². The van der Waals surface area contributed by atoms with Crippen molar-refractivity contribution in [3.8, 4) is 0 Å². The monoisotopic (exact) mass is 310 g/mol. The van der Waals surface area contributed by atoms with Crippen LogP contribution in [0.1, 0.15) is 31.1 Å². The van der Waals surface area contributed by atoms with Crippen LogP contribution in [0.4, 0.5) is 0 Å². The number of hydrogen-bond acceptors (Lipinski definition) is 5. The molecule has 2 aromatic carbocycles. The molecule has 0 heterocycles. The first-order chi connectivity index (χ1) is 10.9. The van der Waals surface area contributed by atoms with Crippen molar-refractivity contribution in [1.29, 1.82) is 0 Å². The van der Waals surface area contributed by atoms with Crippen molar-refractivity contribution < 1.29 is 19.5 Å². The third-order valence-corrected chi connectivity index (χ3v) is 3.73. The molecule has 1 aliphatic carbocycles. The molecule has 116 valence electrons. The molecule has 0 bridgehead atoms. The highest BCUT2D eigenvalue weighted by Crippen LogP contribution is 2.28. The molecule has 6 heteroatoms. The van der Waals surface area contributed by atoms with Gasteiger partial charge in [0.25, 0.3) is 11.6 Å². The Morgan fingerprint density at radius 3 is 1.96 bits per heavy atom. The third kappa shape index (κ3) is 2.34. The molecule has 0 aromatic heterocycles. The average Bonchev–Trinajstić information content (AvgIpc) is 2.77. The summed E-state index contributed by atoms with van der Waals surface area (Å²) in [5, 5.41) is 11.5. The minimum absolute atomic E-state index is 0.132. The van der Waals surface area contributed by atoms with Crippen molar-refractivity contribution in [2.45, 2.75) is 5.72 Å². The van der Waals surface area contributed by atoms with Gasteiger partial charge in [0.05, 0.1) is 0 Å². The predicted molar refractivity (Wildman–Crippen MR) is 81.7 cm³/mol. The fourth-order valence-electron chi connectivity index (χ4n) is 2.54. The van der Waals surface area contributed by atoms with Gasteiger partial charge in [0.2, 0.25) is 11.6 Å². The quantitative estimate of drug-likeness (QED) is 0.502. The van der Waals surface area contributed by atoms with Crippen molar-refractivity contribution >= 4 is 17.5 Å². The number of carbonyl (C=O) groups excluding carboxylic acids is 3. The first-order valence-corrected chi connectivity index (χ1v) is 6.97. The van der Waals surface area contributed by atoms with Crippen LogP contribution in [0.2, 0.25) is 0 Å². The second-order valence-electron chi connectivity index (χ2n) is 5.26. The van der Waals surface area contributed by atoms with Crippen molar-refractivity contribution in [2.24, 2.45) is 0 Å². The molecule has 2 N–H and O–H groups in total. The van der Waals surface area contributed by atoms with E-state index in [1.165, 1.54) is 19.2 Å². The summed E-state index contributed by atoms with van der Waals surface area (Å²) in [4.78, 5) is 37.0. The molecule has 0 spiro atoms. The number of carbonyl (C=O) groups is 3. The van der Waals surface area contributed by atoms with Gasteiger partial charge in [-0.1, -0.05) is 42.5 Å². The van der Waals surface area contributed by atoms with E-state index in [0.717, 1.165) is 5.01 Å². The summed E-state index contributed by atoms with van der Waals surface area (Å²) < 4.78 is 0. The number of hydrogen-bond donors (Lipinski definition) is 2. The van der Waals surface area contributed by atoms with Crippen LogP contribution < -0.4 is 5.43 Å². The first-order valence-electron chi connectivity index (χ1n) is 6.97. The summed E-state index contributed by atoms with van der Waals surface area (Å²) in [6.45, 7) is 0. The van der Waals surface area contributed by atoms with Gasteiger partial charge >= 0.3 is 0 Å². The Kier molecular flexibility index (Phi) is 3.55. The smallest absolute Gasteiger partial charge is 0.267 e. The lowest BCUT2D eigenvalue weighted by Gasteiger charge is -2.27. The number of rotatable bonds is 3. The van der Waals surface area contributed by atoms with Gasteiger partial charge in [-0.3, -0.25) is 19.4 Å². The summed E-state index contributed by atoms with van der Waals surface area (Å²) in [5.74, 6) is -2.02. The highest BCUT2D eigenvalue weighted by molar-refractivity contribution is 6.31. The Morgan fingerprint density at radius 1 is 0.957 bits per heavy atom. The standard InChI is InChI=1S/C17H14N2O4/c1-19(16(22)11-7-3-2-4-8-11)18-17(23)14(20)12-9-5-6-10-13(12)15(17)21/h2-10,18,23H,1H3. The number of aliphatic hydroxyl groups is 1. The van der Waals surface area contributed by atoms with Crippen LogP contribution in [-0.4, -0.2) is 40.4 Å². The summed E-state index contributed by atoms with van der Waals surface area (Å²) in [7, 11) is 1.34. The molecular weight excluding hydrogens is 296 g/mol. The molecule has 1 aliphatic rings. The predicted octanol–water partition coefficient (Wildman–Crippen LogP) is 1.03. The van der Waals surface area contributed by atoms with Crippen molar-refractivity contribution in [2.75, 3.05) is 7.05 Å². The Bertz CT molecular complexity index is 766. The van der Waals surface area contributed by atoms with E-state index < -0.39 is 23.2 Å². The van der Waals surface area contributed by atoms with Gasteiger partial charge in [0.15, 0.2) is 0 Å². The second kappa shape index (κ2) is 5.42. The van der Waals surface area contributed by atoms with Gasteiger partial charge in [0.1, 0.15) is 0 Å². The highest BCUT2D eigenvalue weighted by atomic mass is 16.3. The van der Waals surface area contributed by atoms with Crippen LogP contribution >= 0.6 is 0 Å². The molecule has 0 saturated carbocycles. The minimum Gasteiger partial charge on any atom is -0.361 e. The molecule has 1 amide bonds. The van der Waals surface area contributed by atoms with Gasteiger partial charge in [0, 0.05) is 23.7 Å². The lowest BCUT2D eigenvalue weighted by Crippen LogP contribution is -2.61. The number of Topliss-reactive ketones (excluding diaryl/α,β-unsaturated/α-hetero) is 2. The van der Waals surface area contributed by atoms with Crippen LogP contribution in [-0.2, 0) is 0 Å². The number of ketones is 2. The molecule has 0 saturated heterocycles. The third-order valence-electron chi connectivity index (χ3n) is 3.73. The molecule has 6 nitrogen and oxygen atoms in total. The Labute approximate surface area is 132 Å².